The van der Waals surface area contributed by atoms with Crippen molar-refractivity contribution in [1.82, 2.24) is 5.32 Å². The molecule has 0 atom stereocenters. The second-order valence-corrected chi connectivity index (χ2v) is 6.20. The maximum atomic E-state index is 12.0. The lowest BCUT2D eigenvalue weighted by Gasteiger charge is -2.10. The van der Waals surface area contributed by atoms with Crippen molar-refractivity contribution in [2.45, 2.75) is 0 Å². The van der Waals surface area contributed by atoms with E-state index in [0.717, 1.165) is 5.69 Å². The van der Waals surface area contributed by atoms with Crippen LogP contribution in [0.3, 0.4) is 0 Å². The van der Waals surface area contributed by atoms with E-state index in [9.17, 15) is 9.59 Å². The Balaban J connectivity index is 1.83. The predicted octanol–water partition coefficient (Wildman–Crippen LogP) is 3.42. The van der Waals surface area contributed by atoms with Crippen molar-refractivity contribution in [3.05, 3.63) is 58.1 Å². The largest absolute Gasteiger partial charge is 0.383 e. The summed E-state index contributed by atoms with van der Waals surface area (Å²) in [6, 6.07) is 11.7. The highest BCUT2D eigenvalue weighted by molar-refractivity contribution is 6.36. The fourth-order valence-electron chi connectivity index (χ4n) is 2.08. The number of methoxy groups -OCH3 is 1. The number of hydrogen-bond acceptors (Lipinski definition) is 4. The smallest absolute Gasteiger partial charge is 0.251 e. The van der Waals surface area contributed by atoms with Gasteiger partial charge in [-0.3, -0.25) is 9.59 Å². The second-order valence-electron chi connectivity index (χ2n) is 5.35. The molecule has 0 radical (unpaired) electrons. The third-order valence-electron chi connectivity index (χ3n) is 3.40. The molecule has 0 spiro atoms. The average molecular weight is 396 g/mol. The summed E-state index contributed by atoms with van der Waals surface area (Å²) in [6.07, 6.45) is 0. The predicted molar refractivity (Wildman–Crippen MR) is 104 cm³/mol. The number of ether oxygens (including phenoxy) is 1. The fourth-order valence-corrected chi connectivity index (χ4v) is 2.53. The van der Waals surface area contributed by atoms with Gasteiger partial charge in [-0.05, 0) is 42.5 Å². The summed E-state index contributed by atoms with van der Waals surface area (Å²) in [7, 11) is 1.57. The highest BCUT2D eigenvalue weighted by Crippen LogP contribution is 2.25. The highest BCUT2D eigenvalue weighted by atomic mass is 35.5. The number of rotatable bonds is 8. The maximum absolute atomic E-state index is 12.0. The van der Waals surface area contributed by atoms with Crippen molar-refractivity contribution < 1.29 is 14.3 Å². The molecule has 6 nitrogen and oxygen atoms in total. The Kier molecular flexibility index (Phi) is 7.72. The summed E-state index contributed by atoms with van der Waals surface area (Å²) < 4.78 is 4.88. The van der Waals surface area contributed by atoms with E-state index in [0.29, 0.717) is 34.4 Å². The summed E-state index contributed by atoms with van der Waals surface area (Å²) >= 11 is 11.8. The lowest BCUT2D eigenvalue weighted by molar-refractivity contribution is -0.114. The quantitative estimate of drug-likeness (QED) is 0.598. The minimum absolute atomic E-state index is 0.0539. The lowest BCUT2D eigenvalue weighted by atomic mass is 10.2. The average Bonchev–Trinajstić information content (AvgIpc) is 2.63. The molecule has 2 aromatic rings. The summed E-state index contributed by atoms with van der Waals surface area (Å²) in [6.45, 7) is 0.958. The molecule has 0 heterocycles. The molecule has 2 aromatic carbocycles. The molecular formula is C18H19Cl2N3O3. The summed E-state index contributed by atoms with van der Waals surface area (Å²) in [5, 5.41) is 9.28. The van der Waals surface area contributed by atoms with E-state index in [1.165, 1.54) is 0 Å². The summed E-state index contributed by atoms with van der Waals surface area (Å²) in [5.41, 5.74) is 1.74. The van der Waals surface area contributed by atoms with Crippen LogP contribution in [0.4, 0.5) is 11.4 Å². The van der Waals surface area contributed by atoms with Gasteiger partial charge >= 0.3 is 0 Å². The molecule has 2 amide bonds. The van der Waals surface area contributed by atoms with Gasteiger partial charge in [-0.15, -0.1) is 0 Å². The Morgan fingerprint density at radius 1 is 1.08 bits per heavy atom. The van der Waals surface area contributed by atoms with Gasteiger partial charge in [-0.25, -0.2) is 0 Å². The number of carbonyl (C=O) groups is 2. The molecule has 3 N–H and O–H groups in total. The molecule has 0 unspecified atom stereocenters. The number of carbonyl (C=O) groups excluding carboxylic acids is 2. The number of hydrogen-bond donors (Lipinski definition) is 3. The van der Waals surface area contributed by atoms with E-state index in [1.54, 1.807) is 49.6 Å². The fraction of sp³-hybridized carbons (Fsp3) is 0.222. The van der Waals surface area contributed by atoms with E-state index in [2.05, 4.69) is 16.0 Å². The van der Waals surface area contributed by atoms with Crippen LogP contribution in [0.1, 0.15) is 10.4 Å². The van der Waals surface area contributed by atoms with Gasteiger partial charge in [-0.1, -0.05) is 23.2 Å². The minimum atomic E-state index is -0.254. The van der Waals surface area contributed by atoms with E-state index < -0.39 is 0 Å². The Bertz CT molecular complexity index is 767. The molecule has 8 heteroatoms. The Labute approximate surface area is 161 Å². The molecule has 0 bridgehead atoms. The van der Waals surface area contributed by atoms with Crippen LogP contribution in [0.15, 0.2) is 42.5 Å². The first-order valence-corrected chi connectivity index (χ1v) is 8.61. The number of anilines is 2. The van der Waals surface area contributed by atoms with Gasteiger partial charge < -0.3 is 20.7 Å². The van der Waals surface area contributed by atoms with E-state index in [1.807, 2.05) is 0 Å². The molecule has 26 heavy (non-hydrogen) atoms. The molecule has 0 saturated carbocycles. The van der Waals surface area contributed by atoms with E-state index in [-0.39, 0.29) is 18.4 Å². The molecule has 0 saturated heterocycles. The SMILES string of the molecule is COCCNC(=O)c1ccc(NCC(=O)Nc2ccc(Cl)cc2Cl)cc1. The first-order valence-electron chi connectivity index (χ1n) is 7.85. The zero-order chi connectivity index (χ0) is 18.9. The van der Waals surface area contributed by atoms with Crippen molar-refractivity contribution >= 4 is 46.4 Å². The third-order valence-corrected chi connectivity index (χ3v) is 3.94. The number of halogens is 2. The van der Waals surface area contributed by atoms with E-state index >= 15 is 0 Å². The van der Waals surface area contributed by atoms with Crippen LogP contribution in [0.25, 0.3) is 0 Å². The second kappa shape index (κ2) is 10.0. The van der Waals surface area contributed by atoms with Gasteiger partial charge in [0.2, 0.25) is 5.91 Å². The van der Waals surface area contributed by atoms with Gasteiger partial charge in [0.15, 0.2) is 0 Å². The van der Waals surface area contributed by atoms with Crippen LogP contribution < -0.4 is 16.0 Å². The number of benzene rings is 2. The Hall–Kier alpha value is -2.28. The van der Waals surface area contributed by atoms with Crippen LogP contribution in [0, 0.1) is 0 Å². The first kappa shape index (κ1) is 20.0. The molecule has 138 valence electrons. The number of amides is 2. The van der Waals surface area contributed by atoms with Crippen molar-refractivity contribution in [1.29, 1.82) is 0 Å². The molecular weight excluding hydrogens is 377 g/mol. The van der Waals surface area contributed by atoms with Crippen LogP contribution in [0.5, 0.6) is 0 Å². The molecule has 0 aliphatic carbocycles. The minimum Gasteiger partial charge on any atom is -0.383 e. The molecule has 0 aromatic heterocycles. The van der Waals surface area contributed by atoms with Crippen LogP contribution >= 0.6 is 23.2 Å². The van der Waals surface area contributed by atoms with Gasteiger partial charge in [0.05, 0.1) is 23.9 Å². The van der Waals surface area contributed by atoms with Gasteiger partial charge in [0.25, 0.3) is 5.91 Å². The Morgan fingerprint density at radius 3 is 2.46 bits per heavy atom. The molecule has 0 fully saturated rings. The van der Waals surface area contributed by atoms with Gasteiger partial charge in [0.1, 0.15) is 0 Å². The molecule has 0 aliphatic rings. The maximum Gasteiger partial charge on any atom is 0.251 e. The zero-order valence-electron chi connectivity index (χ0n) is 14.1. The van der Waals surface area contributed by atoms with Crippen LogP contribution in [-0.2, 0) is 9.53 Å². The topological polar surface area (TPSA) is 79.5 Å². The lowest BCUT2D eigenvalue weighted by Crippen LogP contribution is -2.26. The third kappa shape index (κ3) is 6.22. The summed E-state index contributed by atoms with van der Waals surface area (Å²) in [5.74, 6) is -0.431. The van der Waals surface area contributed by atoms with Crippen LogP contribution in [-0.4, -0.2) is 38.6 Å². The normalized spacial score (nSPS) is 10.3. The standard InChI is InChI=1S/C18H19Cl2N3O3/c1-26-9-8-21-18(25)12-2-5-14(6-3-12)22-11-17(24)23-16-7-4-13(19)10-15(16)20/h2-7,10,22H,8-9,11H2,1H3,(H,21,25)(H,23,24). The first-order chi connectivity index (χ1) is 12.5. The Morgan fingerprint density at radius 2 is 1.81 bits per heavy atom. The monoisotopic (exact) mass is 395 g/mol. The zero-order valence-corrected chi connectivity index (χ0v) is 15.7. The van der Waals surface area contributed by atoms with E-state index in [4.69, 9.17) is 27.9 Å². The van der Waals surface area contributed by atoms with Gasteiger partial charge in [0, 0.05) is 29.9 Å². The highest BCUT2D eigenvalue weighted by Gasteiger charge is 2.07. The van der Waals surface area contributed by atoms with Crippen molar-refractivity contribution in [2.75, 3.05) is 37.4 Å². The number of nitrogens with one attached hydrogen (secondary N) is 3. The van der Waals surface area contributed by atoms with Gasteiger partial charge in [-0.2, -0.15) is 0 Å². The van der Waals surface area contributed by atoms with Crippen molar-refractivity contribution in [3.8, 4) is 0 Å². The van der Waals surface area contributed by atoms with Crippen LogP contribution in [0.2, 0.25) is 10.0 Å². The van der Waals surface area contributed by atoms with Crippen molar-refractivity contribution in [2.24, 2.45) is 0 Å². The molecule has 0 aliphatic heterocycles. The summed E-state index contributed by atoms with van der Waals surface area (Å²) in [4.78, 5) is 23.9. The van der Waals surface area contributed by atoms with Crippen molar-refractivity contribution in [3.63, 3.8) is 0 Å². The molecule has 2 rings (SSSR count).